The van der Waals surface area contributed by atoms with Crippen molar-refractivity contribution in [2.45, 2.75) is 49.8 Å². The van der Waals surface area contributed by atoms with Crippen LogP contribution in [0.2, 0.25) is 0 Å². The van der Waals surface area contributed by atoms with Crippen LogP contribution in [-0.2, 0) is 14.8 Å². The zero-order valence-electron chi connectivity index (χ0n) is 17.5. The standard InChI is InChI=1S/C21H28N6O3S/c28-21(22-13-12-17-5-2-1-3-6-17)18-7-4-14-26(15-18)31(29,30)20-10-8-19(9-11-20)27-16-23-24-25-27/h5,8-11,16,18H,1-4,6-7,12-15H2,(H,22,28). The molecule has 31 heavy (non-hydrogen) atoms. The number of aromatic nitrogens is 4. The lowest BCUT2D eigenvalue weighted by atomic mass is 9.96. The Morgan fingerprint density at radius 2 is 2.00 bits per heavy atom. The second-order valence-corrected chi connectivity index (χ2v) is 10.0. The molecule has 2 aliphatic rings. The first kappa shape index (κ1) is 21.6. The molecule has 0 spiro atoms. The van der Waals surface area contributed by atoms with Gasteiger partial charge in [0.1, 0.15) is 6.33 Å². The van der Waals surface area contributed by atoms with E-state index in [1.165, 1.54) is 33.7 Å². The van der Waals surface area contributed by atoms with Crippen molar-refractivity contribution in [1.82, 2.24) is 29.8 Å². The molecule has 10 heteroatoms. The van der Waals surface area contributed by atoms with Gasteiger partial charge in [0.05, 0.1) is 16.5 Å². The van der Waals surface area contributed by atoms with Gasteiger partial charge in [0.2, 0.25) is 15.9 Å². The van der Waals surface area contributed by atoms with Gasteiger partial charge in [0.25, 0.3) is 0 Å². The van der Waals surface area contributed by atoms with Gasteiger partial charge in [-0.2, -0.15) is 4.31 Å². The van der Waals surface area contributed by atoms with E-state index in [0.717, 1.165) is 19.3 Å². The smallest absolute Gasteiger partial charge is 0.243 e. The highest BCUT2D eigenvalue weighted by atomic mass is 32.2. The van der Waals surface area contributed by atoms with E-state index in [4.69, 9.17) is 0 Å². The van der Waals surface area contributed by atoms with Gasteiger partial charge in [0.15, 0.2) is 0 Å². The zero-order valence-corrected chi connectivity index (χ0v) is 18.3. The maximum absolute atomic E-state index is 13.1. The number of nitrogens with zero attached hydrogens (tertiary/aromatic N) is 5. The summed E-state index contributed by atoms with van der Waals surface area (Å²) < 4.78 is 29.1. The summed E-state index contributed by atoms with van der Waals surface area (Å²) in [7, 11) is -3.67. The summed E-state index contributed by atoms with van der Waals surface area (Å²) >= 11 is 0. The number of nitrogens with one attached hydrogen (secondary N) is 1. The number of tetrazole rings is 1. The number of hydrogen-bond acceptors (Lipinski definition) is 6. The van der Waals surface area contributed by atoms with Crippen molar-refractivity contribution in [3.8, 4) is 5.69 Å². The first-order valence-corrected chi connectivity index (χ1v) is 12.3. The van der Waals surface area contributed by atoms with Gasteiger partial charge < -0.3 is 5.32 Å². The number of sulfonamides is 1. The highest BCUT2D eigenvalue weighted by Crippen LogP contribution is 2.25. The van der Waals surface area contributed by atoms with Crippen molar-refractivity contribution >= 4 is 15.9 Å². The molecule has 1 aromatic carbocycles. The summed E-state index contributed by atoms with van der Waals surface area (Å²) in [6.45, 7) is 1.26. The monoisotopic (exact) mass is 444 g/mol. The molecule has 4 rings (SSSR count). The summed E-state index contributed by atoms with van der Waals surface area (Å²) in [6.07, 6.45) is 10.7. The van der Waals surface area contributed by atoms with Crippen LogP contribution in [0.1, 0.15) is 44.9 Å². The number of allylic oxidation sites excluding steroid dienone is 1. The van der Waals surface area contributed by atoms with Crippen LogP contribution in [0.4, 0.5) is 0 Å². The van der Waals surface area contributed by atoms with Gasteiger partial charge in [-0.25, -0.2) is 13.1 Å². The molecule has 0 bridgehead atoms. The predicted molar refractivity (Wildman–Crippen MR) is 115 cm³/mol. The Bertz CT molecular complexity index is 1020. The number of piperidine rings is 1. The molecule has 0 radical (unpaired) electrons. The minimum Gasteiger partial charge on any atom is -0.356 e. The minimum atomic E-state index is -3.67. The predicted octanol–water partition coefficient (Wildman–Crippen LogP) is 2.07. The average molecular weight is 445 g/mol. The molecule has 1 aliphatic heterocycles. The van der Waals surface area contributed by atoms with Gasteiger partial charge in [-0.15, -0.1) is 5.10 Å². The molecule has 9 nitrogen and oxygen atoms in total. The van der Waals surface area contributed by atoms with Gasteiger partial charge in [-0.3, -0.25) is 4.79 Å². The van der Waals surface area contributed by atoms with Crippen LogP contribution in [0.15, 0.2) is 47.1 Å². The Balaban J connectivity index is 1.35. The molecule has 1 amide bonds. The van der Waals surface area contributed by atoms with Crippen molar-refractivity contribution in [2.75, 3.05) is 19.6 Å². The normalized spacial score (nSPS) is 20.3. The zero-order chi connectivity index (χ0) is 21.7. The number of carbonyl (C=O) groups excluding carboxylic acids is 1. The van der Waals surface area contributed by atoms with E-state index in [0.29, 0.717) is 31.6 Å². The number of amides is 1. The third kappa shape index (κ3) is 5.19. The van der Waals surface area contributed by atoms with Crippen molar-refractivity contribution in [1.29, 1.82) is 0 Å². The van der Waals surface area contributed by atoms with Crippen LogP contribution < -0.4 is 5.32 Å². The van der Waals surface area contributed by atoms with Crippen LogP contribution in [-0.4, -0.2) is 58.5 Å². The van der Waals surface area contributed by atoms with Crippen molar-refractivity contribution in [2.24, 2.45) is 5.92 Å². The van der Waals surface area contributed by atoms with E-state index >= 15 is 0 Å². The van der Waals surface area contributed by atoms with Crippen LogP contribution in [0.25, 0.3) is 5.69 Å². The maximum atomic E-state index is 13.1. The molecule has 1 aromatic heterocycles. The quantitative estimate of drug-likeness (QED) is 0.655. The van der Waals surface area contributed by atoms with Gasteiger partial charge in [0, 0.05) is 19.6 Å². The fourth-order valence-corrected chi connectivity index (χ4v) is 5.72. The Morgan fingerprint density at radius 3 is 2.71 bits per heavy atom. The van der Waals surface area contributed by atoms with E-state index in [9.17, 15) is 13.2 Å². The molecule has 1 N–H and O–H groups in total. The van der Waals surface area contributed by atoms with E-state index < -0.39 is 10.0 Å². The number of hydrogen-bond donors (Lipinski definition) is 1. The first-order chi connectivity index (χ1) is 15.0. The molecule has 1 fully saturated rings. The summed E-state index contributed by atoms with van der Waals surface area (Å²) in [5.41, 5.74) is 2.09. The molecular formula is C21H28N6O3S. The Kier molecular flexibility index (Phi) is 6.77. The maximum Gasteiger partial charge on any atom is 0.243 e. The second-order valence-electron chi connectivity index (χ2n) is 8.10. The summed E-state index contributed by atoms with van der Waals surface area (Å²) in [5, 5.41) is 14.0. The van der Waals surface area contributed by atoms with Gasteiger partial charge in [-0.1, -0.05) is 11.6 Å². The lowest BCUT2D eigenvalue weighted by Gasteiger charge is -2.31. The summed E-state index contributed by atoms with van der Waals surface area (Å²) in [6, 6.07) is 6.43. The SMILES string of the molecule is O=C(NCCC1=CCCCC1)C1CCCN(S(=O)(=O)c2ccc(-n3cnnn3)cc2)C1. The third-order valence-corrected chi connectivity index (χ3v) is 7.85. The Morgan fingerprint density at radius 1 is 1.16 bits per heavy atom. The van der Waals surface area contributed by atoms with E-state index in [-0.39, 0.29) is 23.3 Å². The third-order valence-electron chi connectivity index (χ3n) is 5.97. The highest BCUT2D eigenvalue weighted by molar-refractivity contribution is 7.89. The fourth-order valence-electron chi connectivity index (χ4n) is 4.20. The van der Waals surface area contributed by atoms with Crippen molar-refractivity contribution in [3.05, 3.63) is 42.2 Å². The molecule has 2 aromatic rings. The molecular weight excluding hydrogens is 416 g/mol. The van der Waals surface area contributed by atoms with Gasteiger partial charge in [-0.05, 0) is 79.6 Å². The molecule has 0 saturated carbocycles. The van der Waals surface area contributed by atoms with Crippen LogP contribution in [0.3, 0.4) is 0 Å². The topological polar surface area (TPSA) is 110 Å². The van der Waals surface area contributed by atoms with E-state index in [1.807, 2.05) is 0 Å². The summed E-state index contributed by atoms with van der Waals surface area (Å²) in [5.74, 6) is -0.366. The lowest BCUT2D eigenvalue weighted by molar-refractivity contribution is -0.126. The average Bonchev–Trinajstić information content (AvgIpc) is 3.35. The van der Waals surface area contributed by atoms with Crippen LogP contribution >= 0.6 is 0 Å². The minimum absolute atomic E-state index is 0.0506. The largest absolute Gasteiger partial charge is 0.356 e. The highest BCUT2D eigenvalue weighted by Gasteiger charge is 2.33. The van der Waals surface area contributed by atoms with Gasteiger partial charge >= 0.3 is 0 Å². The lowest BCUT2D eigenvalue weighted by Crippen LogP contribution is -2.45. The van der Waals surface area contributed by atoms with Crippen molar-refractivity contribution in [3.63, 3.8) is 0 Å². The Labute approximate surface area is 182 Å². The second kappa shape index (κ2) is 9.69. The van der Waals surface area contributed by atoms with Crippen LogP contribution in [0, 0.1) is 5.92 Å². The molecule has 166 valence electrons. The molecule has 2 heterocycles. The van der Waals surface area contributed by atoms with E-state index in [1.54, 1.807) is 24.3 Å². The molecule has 1 unspecified atom stereocenters. The number of carbonyl (C=O) groups is 1. The first-order valence-electron chi connectivity index (χ1n) is 10.8. The molecule has 1 saturated heterocycles. The fraction of sp³-hybridized carbons (Fsp3) is 0.524. The number of rotatable bonds is 7. The molecule has 1 atom stereocenters. The summed E-state index contributed by atoms with van der Waals surface area (Å²) in [4.78, 5) is 12.9. The Hall–Kier alpha value is -2.59. The van der Waals surface area contributed by atoms with Crippen LogP contribution in [0.5, 0.6) is 0 Å². The molecule has 1 aliphatic carbocycles. The van der Waals surface area contributed by atoms with Crippen molar-refractivity contribution < 1.29 is 13.2 Å². The number of benzene rings is 1. The van der Waals surface area contributed by atoms with E-state index in [2.05, 4.69) is 26.9 Å².